The average Bonchev–Trinajstić information content (AvgIpc) is 2.65. The highest BCUT2D eigenvalue weighted by Crippen LogP contribution is 2.21. The summed E-state index contributed by atoms with van der Waals surface area (Å²) >= 11 is 4.15. The standard InChI is InChI=1S/C8H8N4O2S/c13-7(14)5-1-3-6(4-2-5)12-8(15)9-10-11-12/h1-4,8,15H,(H,9,11)(H,13,14). The fourth-order valence-corrected chi connectivity index (χ4v) is 1.42. The molecule has 0 saturated heterocycles. The lowest BCUT2D eigenvalue weighted by molar-refractivity contribution is 0.0697. The molecule has 1 aromatic carbocycles. The van der Waals surface area contributed by atoms with Crippen LogP contribution in [0, 0.1) is 0 Å². The number of hydrogen-bond acceptors (Lipinski definition) is 6. The summed E-state index contributed by atoms with van der Waals surface area (Å²) in [6.07, 6.45) is 0. The van der Waals surface area contributed by atoms with Gasteiger partial charge >= 0.3 is 5.97 Å². The second kappa shape index (κ2) is 3.77. The third-order valence-electron chi connectivity index (χ3n) is 1.94. The van der Waals surface area contributed by atoms with Gasteiger partial charge in [-0.25, -0.2) is 9.80 Å². The molecule has 0 aromatic heterocycles. The van der Waals surface area contributed by atoms with E-state index in [1.807, 2.05) is 0 Å². The van der Waals surface area contributed by atoms with Gasteiger partial charge in [0.05, 0.1) is 11.3 Å². The summed E-state index contributed by atoms with van der Waals surface area (Å²) in [5.74, 6) is -0.951. The normalized spacial score (nSPS) is 19.0. The summed E-state index contributed by atoms with van der Waals surface area (Å²) in [5.41, 5.74) is 3.24. The molecule has 1 heterocycles. The Balaban J connectivity index is 2.20. The highest BCUT2D eigenvalue weighted by atomic mass is 32.1. The van der Waals surface area contributed by atoms with Crippen molar-refractivity contribution >= 4 is 24.3 Å². The molecule has 0 amide bonds. The number of thiol groups is 1. The Hall–Kier alpha value is -1.76. The van der Waals surface area contributed by atoms with Gasteiger partial charge in [0.1, 0.15) is 0 Å². The van der Waals surface area contributed by atoms with Gasteiger partial charge in [0.25, 0.3) is 0 Å². The SMILES string of the molecule is O=C(O)c1ccc(N2NN=NC2S)cc1. The average molecular weight is 224 g/mol. The molecular weight excluding hydrogens is 216 g/mol. The van der Waals surface area contributed by atoms with E-state index in [4.69, 9.17) is 5.11 Å². The zero-order chi connectivity index (χ0) is 10.8. The van der Waals surface area contributed by atoms with Gasteiger partial charge in [-0.3, -0.25) is 0 Å². The van der Waals surface area contributed by atoms with E-state index in [0.29, 0.717) is 0 Å². The quantitative estimate of drug-likeness (QED) is 0.661. The number of rotatable bonds is 2. The molecule has 0 bridgehead atoms. The van der Waals surface area contributed by atoms with Gasteiger partial charge in [-0.15, -0.1) is 17.7 Å². The van der Waals surface area contributed by atoms with Gasteiger partial charge in [0.15, 0.2) is 0 Å². The van der Waals surface area contributed by atoms with Crippen molar-refractivity contribution in [3.8, 4) is 0 Å². The summed E-state index contributed by atoms with van der Waals surface area (Å²) in [7, 11) is 0. The Kier molecular flexibility index (Phi) is 2.46. The first-order valence-electron chi connectivity index (χ1n) is 4.14. The van der Waals surface area contributed by atoms with Crippen molar-refractivity contribution in [2.75, 3.05) is 5.01 Å². The fourth-order valence-electron chi connectivity index (χ4n) is 1.18. The van der Waals surface area contributed by atoms with E-state index < -0.39 is 5.97 Å². The maximum Gasteiger partial charge on any atom is 0.335 e. The topological polar surface area (TPSA) is 77.3 Å². The van der Waals surface area contributed by atoms with Gasteiger partial charge in [-0.2, -0.15) is 5.53 Å². The van der Waals surface area contributed by atoms with Crippen molar-refractivity contribution in [3.05, 3.63) is 29.8 Å². The van der Waals surface area contributed by atoms with Gasteiger partial charge in [0, 0.05) is 0 Å². The van der Waals surface area contributed by atoms with Crippen LogP contribution < -0.4 is 10.5 Å². The number of nitrogens with zero attached hydrogens (tertiary/aromatic N) is 3. The number of anilines is 1. The molecule has 0 fully saturated rings. The zero-order valence-electron chi connectivity index (χ0n) is 7.53. The van der Waals surface area contributed by atoms with E-state index in [1.54, 1.807) is 17.1 Å². The molecule has 0 spiro atoms. The minimum absolute atomic E-state index is 0.238. The molecule has 2 rings (SSSR count). The minimum Gasteiger partial charge on any atom is -0.478 e. The Bertz CT molecular complexity index is 406. The first kappa shape index (κ1) is 9.78. The van der Waals surface area contributed by atoms with Crippen LogP contribution in [0.15, 0.2) is 34.6 Å². The van der Waals surface area contributed by atoms with Crippen LogP contribution in [0.2, 0.25) is 0 Å². The predicted octanol–water partition coefficient (Wildman–Crippen LogP) is 1.29. The number of nitrogens with one attached hydrogen (secondary N) is 1. The summed E-state index contributed by atoms with van der Waals surface area (Å²) < 4.78 is 0. The van der Waals surface area contributed by atoms with E-state index in [9.17, 15) is 4.79 Å². The van der Waals surface area contributed by atoms with Crippen molar-refractivity contribution in [2.24, 2.45) is 10.3 Å². The van der Waals surface area contributed by atoms with E-state index in [0.717, 1.165) is 5.69 Å². The van der Waals surface area contributed by atoms with E-state index >= 15 is 0 Å². The Morgan fingerprint density at radius 1 is 1.47 bits per heavy atom. The molecule has 0 radical (unpaired) electrons. The van der Waals surface area contributed by atoms with Crippen LogP contribution in [0.3, 0.4) is 0 Å². The molecule has 1 aliphatic heterocycles. The summed E-state index contributed by atoms with van der Waals surface area (Å²) in [4.78, 5) is 10.6. The first-order valence-corrected chi connectivity index (χ1v) is 4.66. The van der Waals surface area contributed by atoms with Crippen molar-refractivity contribution in [3.63, 3.8) is 0 Å². The molecule has 0 saturated carbocycles. The summed E-state index contributed by atoms with van der Waals surface area (Å²) in [6.45, 7) is 0. The van der Waals surface area contributed by atoms with Crippen molar-refractivity contribution in [2.45, 2.75) is 5.50 Å². The van der Waals surface area contributed by atoms with Crippen LogP contribution in [0.5, 0.6) is 0 Å². The van der Waals surface area contributed by atoms with Gasteiger partial charge in [0.2, 0.25) is 5.50 Å². The number of hydrogen-bond donors (Lipinski definition) is 3. The number of carboxylic acids is 1. The zero-order valence-corrected chi connectivity index (χ0v) is 8.43. The third-order valence-corrected chi connectivity index (χ3v) is 2.27. The molecule has 1 unspecified atom stereocenters. The maximum absolute atomic E-state index is 10.6. The van der Waals surface area contributed by atoms with E-state index in [1.165, 1.54) is 12.1 Å². The molecule has 0 aliphatic carbocycles. The lowest BCUT2D eigenvalue weighted by Gasteiger charge is -2.19. The Labute approximate surface area is 91.0 Å². The third kappa shape index (κ3) is 1.86. The largest absolute Gasteiger partial charge is 0.478 e. The Morgan fingerprint density at radius 2 is 2.13 bits per heavy atom. The van der Waals surface area contributed by atoms with Crippen molar-refractivity contribution < 1.29 is 9.90 Å². The Morgan fingerprint density at radius 3 is 2.60 bits per heavy atom. The second-order valence-electron chi connectivity index (χ2n) is 2.88. The minimum atomic E-state index is -0.951. The number of carboxylic acid groups (broad SMARTS) is 1. The number of carbonyl (C=O) groups is 1. The molecular formula is C8H8N4O2S. The number of hydrazine groups is 1. The molecule has 1 aromatic rings. The van der Waals surface area contributed by atoms with E-state index in [-0.39, 0.29) is 11.1 Å². The molecule has 1 aliphatic rings. The van der Waals surface area contributed by atoms with Crippen LogP contribution >= 0.6 is 12.6 Å². The van der Waals surface area contributed by atoms with Gasteiger partial charge in [-0.05, 0) is 24.3 Å². The van der Waals surface area contributed by atoms with Crippen LogP contribution in [-0.4, -0.2) is 16.6 Å². The summed E-state index contributed by atoms with van der Waals surface area (Å²) in [6, 6.07) is 6.35. The number of aromatic carboxylic acids is 1. The van der Waals surface area contributed by atoms with Crippen molar-refractivity contribution in [1.82, 2.24) is 5.53 Å². The smallest absolute Gasteiger partial charge is 0.335 e. The molecule has 15 heavy (non-hydrogen) atoms. The van der Waals surface area contributed by atoms with Crippen LogP contribution in [0.25, 0.3) is 0 Å². The van der Waals surface area contributed by atoms with Gasteiger partial charge in [-0.1, -0.05) is 5.22 Å². The molecule has 1 atom stereocenters. The highest BCUT2D eigenvalue weighted by molar-refractivity contribution is 7.81. The monoisotopic (exact) mass is 224 g/mol. The molecule has 6 nitrogen and oxygen atoms in total. The second-order valence-corrected chi connectivity index (χ2v) is 3.35. The molecule has 78 valence electrons. The lowest BCUT2D eigenvalue weighted by Crippen LogP contribution is -2.34. The molecule has 2 N–H and O–H groups in total. The summed E-state index contributed by atoms with van der Waals surface area (Å²) in [5, 5.41) is 17.6. The fraction of sp³-hybridized carbons (Fsp3) is 0.125. The lowest BCUT2D eigenvalue weighted by atomic mass is 10.2. The van der Waals surface area contributed by atoms with Crippen molar-refractivity contribution in [1.29, 1.82) is 0 Å². The first-order chi connectivity index (χ1) is 7.18. The predicted molar refractivity (Wildman–Crippen MR) is 56.6 cm³/mol. The number of benzene rings is 1. The van der Waals surface area contributed by atoms with Crippen LogP contribution in [0.1, 0.15) is 10.4 Å². The van der Waals surface area contributed by atoms with Crippen LogP contribution in [-0.2, 0) is 0 Å². The van der Waals surface area contributed by atoms with Gasteiger partial charge < -0.3 is 5.11 Å². The molecule has 7 heteroatoms. The maximum atomic E-state index is 10.6. The van der Waals surface area contributed by atoms with E-state index in [2.05, 4.69) is 28.5 Å². The highest BCUT2D eigenvalue weighted by Gasteiger charge is 2.19. The van der Waals surface area contributed by atoms with Crippen LogP contribution in [0.4, 0.5) is 5.69 Å².